The zero-order valence-electron chi connectivity index (χ0n) is 7.41. The number of aliphatic hydroxyl groups is 2. The van der Waals surface area contributed by atoms with Crippen molar-refractivity contribution in [2.45, 2.75) is 12.2 Å². The summed E-state index contributed by atoms with van der Waals surface area (Å²) in [5, 5.41) is 20.3. The highest BCUT2D eigenvalue weighted by Crippen LogP contribution is 2.21. The molecule has 2 unspecified atom stereocenters. The molecule has 0 bridgehead atoms. The molecule has 1 aromatic carbocycles. The molecule has 0 aliphatic carbocycles. The first-order chi connectivity index (χ1) is 6.79. The highest BCUT2D eigenvalue weighted by Gasteiger charge is 2.22. The van der Waals surface area contributed by atoms with Gasteiger partial charge in [0.2, 0.25) is 0 Å². The van der Waals surface area contributed by atoms with Gasteiger partial charge in [-0.2, -0.15) is 0 Å². The normalized spacial score (nSPS) is 14.4. The Morgan fingerprint density at radius 3 is 2.50 bits per heavy atom. The van der Waals surface area contributed by atoms with E-state index in [1.807, 2.05) is 0 Å². The van der Waals surface area contributed by atoms with Crippen LogP contribution in [0.15, 0.2) is 35.7 Å². The van der Waals surface area contributed by atoms with Gasteiger partial charge in [0.25, 0.3) is 0 Å². The maximum atomic E-state index is 9.94. The second kappa shape index (κ2) is 5.31. The fraction of sp³-hybridized carbons (Fsp3) is 0.333. The number of hydrogen-bond donors (Lipinski definition) is 2. The molecular formula is C9H11NO4. The maximum absolute atomic E-state index is 9.94. The highest BCUT2D eigenvalue weighted by atomic mass is 16.7. The topological polar surface area (TPSA) is 79.1 Å². The zero-order valence-corrected chi connectivity index (χ0v) is 7.41. The van der Waals surface area contributed by atoms with Gasteiger partial charge in [0.15, 0.2) is 11.4 Å². The van der Waals surface area contributed by atoms with Crippen molar-refractivity contribution in [3.05, 3.63) is 40.8 Å². The third-order valence-electron chi connectivity index (χ3n) is 1.82. The summed E-state index contributed by atoms with van der Waals surface area (Å²) >= 11 is 0. The predicted octanol–water partition coefficient (Wildman–Crippen LogP) is 0.779. The molecule has 0 fully saturated rings. The molecule has 0 amide bonds. The molecule has 0 saturated carbocycles. The fourth-order valence-corrected chi connectivity index (χ4v) is 1.14. The summed E-state index contributed by atoms with van der Waals surface area (Å²) in [7, 11) is 0. The molecule has 5 heteroatoms. The van der Waals surface area contributed by atoms with Crippen LogP contribution < -0.4 is 0 Å². The van der Waals surface area contributed by atoms with E-state index in [0.29, 0.717) is 5.56 Å². The molecule has 14 heavy (non-hydrogen) atoms. The monoisotopic (exact) mass is 197 g/mol. The molecule has 0 aliphatic rings. The molecule has 1 rings (SSSR count). The minimum absolute atomic E-state index is 0.491. The highest BCUT2D eigenvalue weighted by molar-refractivity contribution is 5.18. The van der Waals surface area contributed by atoms with Gasteiger partial charge in [-0.15, -0.1) is 4.91 Å². The molecule has 2 atom stereocenters. The lowest BCUT2D eigenvalue weighted by Gasteiger charge is -2.17. The van der Waals surface area contributed by atoms with Gasteiger partial charge < -0.3 is 15.1 Å². The van der Waals surface area contributed by atoms with E-state index < -0.39 is 18.8 Å². The van der Waals surface area contributed by atoms with Crippen LogP contribution in [-0.4, -0.2) is 22.9 Å². The minimum atomic E-state index is -1.16. The summed E-state index contributed by atoms with van der Waals surface area (Å²) in [6.07, 6.45) is -2.08. The van der Waals surface area contributed by atoms with Crippen molar-refractivity contribution in [2.75, 3.05) is 6.61 Å². The Labute approximate surface area is 80.9 Å². The van der Waals surface area contributed by atoms with Crippen LogP contribution in [0.1, 0.15) is 11.7 Å². The summed E-state index contributed by atoms with van der Waals surface area (Å²) < 4.78 is 0. The van der Waals surface area contributed by atoms with Crippen molar-refractivity contribution in [3.8, 4) is 0 Å². The van der Waals surface area contributed by atoms with Crippen LogP contribution in [0.4, 0.5) is 0 Å². The van der Waals surface area contributed by atoms with Crippen molar-refractivity contribution in [3.63, 3.8) is 0 Å². The van der Waals surface area contributed by atoms with Crippen LogP contribution in [0, 0.1) is 4.91 Å². The van der Waals surface area contributed by atoms with Gasteiger partial charge in [-0.3, -0.25) is 0 Å². The van der Waals surface area contributed by atoms with Crippen LogP contribution in [0.3, 0.4) is 0 Å². The van der Waals surface area contributed by atoms with Crippen LogP contribution >= 0.6 is 0 Å². The summed E-state index contributed by atoms with van der Waals surface area (Å²) in [6.45, 7) is -0.491. The maximum Gasteiger partial charge on any atom is 0.183 e. The second-order valence-electron chi connectivity index (χ2n) is 2.76. The van der Waals surface area contributed by atoms with Crippen LogP contribution in [0.25, 0.3) is 0 Å². The summed E-state index contributed by atoms with van der Waals surface area (Å²) in [4.78, 5) is 14.4. The Hall–Kier alpha value is -1.46. The molecular weight excluding hydrogens is 186 g/mol. The van der Waals surface area contributed by atoms with E-state index in [2.05, 4.69) is 10.2 Å². The number of rotatable bonds is 5. The Kier molecular flexibility index (Phi) is 4.03. The van der Waals surface area contributed by atoms with Gasteiger partial charge in [0.1, 0.15) is 6.10 Å². The molecule has 2 N–H and O–H groups in total. The average molecular weight is 197 g/mol. The first kappa shape index (κ1) is 10.6. The Bertz CT molecular complexity index is 277. The Balaban J connectivity index is 2.82. The summed E-state index contributed by atoms with van der Waals surface area (Å²) in [5.74, 6) is 0. The zero-order chi connectivity index (χ0) is 10.4. The first-order valence-electron chi connectivity index (χ1n) is 4.12. The summed E-state index contributed by atoms with van der Waals surface area (Å²) in [5.41, 5.74) is 0.591. The van der Waals surface area contributed by atoms with Crippen LogP contribution in [0.5, 0.6) is 0 Å². The molecule has 5 nitrogen and oxygen atoms in total. The van der Waals surface area contributed by atoms with Gasteiger partial charge in [0, 0.05) is 0 Å². The number of benzene rings is 1. The summed E-state index contributed by atoms with van der Waals surface area (Å²) in [6, 6.07) is 8.62. The number of hydrogen-bond acceptors (Lipinski definition) is 5. The lowest BCUT2D eigenvalue weighted by Crippen LogP contribution is -2.23. The molecule has 76 valence electrons. The van der Waals surface area contributed by atoms with E-state index in [1.165, 1.54) is 0 Å². The molecule has 0 radical (unpaired) electrons. The molecule has 0 aliphatic heterocycles. The largest absolute Gasteiger partial charge is 0.394 e. The lowest BCUT2D eigenvalue weighted by atomic mass is 10.1. The van der Waals surface area contributed by atoms with E-state index in [9.17, 15) is 10.0 Å². The third kappa shape index (κ3) is 2.51. The van der Waals surface area contributed by atoms with E-state index in [1.54, 1.807) is 30.3 Å². The van der Waals surface area contributed by atoms with E-state index >= 15 is 0 Å². The van der Waals surface area contributed by atoms with Crippen LogP contribution in [0.2, 0.25) is 0 Å². The second-order valence-corrected chi connectivity index (χ2v) is 2.76. The molecule has 0 aromatic heterocycles. The molecule has 0 heterocycles. The van der Waals surface area contributed by atoms with Crippen molar-refractivity contribution < 1.29 is 15.1 Å². The lowest BCUT2D eigenvalue weighted by molar-refractivity contribution is -0.0604. The number of aliphatic hydroxyl groups excluding tert-OH is 2. The average Bonchev–Trinajstić information content (AvgIpc) is 2.26. The Morgan fingerprint density at radius 1 is 1.36 bits per heavy atom. The molecule has 0 saturated heterocycles. The van der Waals surface area contributed by atoms with Gasteiger partial charge in [0.05, 0.1) is 6.61 Å². The van der Waals surface area contributed by atoms with Gasteiger partial charge >= 0.3 is 0 Å². The van der Waals surface area contributed by atoms with Crippen molar-refractivity contribution in [1.82, 2.24) is 0 Å². The van der Waals surface area contributed by atoms with E-state index in [-0.39, 0.29) is 0 Å². The molecule has 1 aromatic rings. The quantitative estimate of drug-likeness (QED) is 0.540. The SMILES string of the molecule is O=NOC(c1ccccc1)C(O)CO. The first-order valence-corrected chi connectivity index (χ1v) is 4.12. The van der Waals surface area contributed by atoms with Crippen molar-refractivity contribution in [1.29, 1.82) is 0 Å². The minimum Gasteiger partial charge on any atom is -0.394 e. The van der Waals surface area contributed by atoms with E-state index in [4.69, 9.17) is 5.11 Å². The van der Waals surface area contributed by atoms with Gasteiger partial charge in [-0.1, -0.05) is 30.3 Å². The fourth-order valence-electron chi connectivity index (χ4n) is 1.14. The molecule has 0 spiro atoms. The van der Waals surface area contributed by atoms with Gasteiger partial charge in [-0.25, -0.2) is 0 Å². The van der Waals surface area contributed by atoms with Crippen LogP contribution in [-0.2, 0) is 4.84 Å². The third-order valence-corrected chi connectivity index (χ3v) is 1.82. The van der Waals surface area contributed by atoms with Gasteiger partial charge in [-0.05, 0) is 5.56 Å². The van der Waals surface area contributed by atoms with Crippen molar-refractivity contribution in [2.24, 2.45) is 5.34 Å². The van der Waals surface area contributed by atoms with E-state index in [0.717, 1.165) is 0 Å². The van der Waals surface area contributed by atoms with Crippen molar-refractivity contribution >= 4 is 0 Å². The predicted molar refractivity (Wildman–Crippen MR) is 49.2 cm³/mol. The standard InChI is InChI=1S/C9H11NO4/c11-6-8(12)9(14-10-13)7-4-2-1-3-5-7/h1-5,8-9,11-12H,6H2. The Morgan fingerprint density at radius 2 is 2.00 bits per heavy atom. The smallest absolute Gasteiger partial charge is 0.183 e. The number of nitrogens with zero attached hydrogens (tertiary/aromatic N) is 1.